The summed E-state index contributed by atoms with van der Waals surface area (Å²) in [6, 6.07) is 11.1. The third-order valence-electron chi connectivity index (χ3n) is 3.03. The van der Waals surface area contributed by atoms with E-state index in [4.69, 9.17) is 0 Å². The Hall–Kier alpha value is -2.76. The first kappa shape index (κ1) is 12.3. The van der Waals surface area contributed by atoms with E-state index < -0.39 is 0 Å². The zero-order valence-electron chi connectivity index (χ0n) is 10.9. The van der Waals surface area contributed by atoms with Crippen LogP contribution in [0.5, 0.6) is 0 Å². The highest BCUT2D eigenvalue weighted by Gasteiger charge is 2.07. The van der Waals surface area contributed by atoms with Crippen molar-refractivity contribution < 1.29 is 4.79 Å². The van der Waals surface area contributed by atoms with Crippen LogP contribution in [0.4, 0.5) is 0 Å². The number of hydrogen-bond acceptors (Lipinski definition) is 4. The molecule has 2 heterocycles. The summed E-state index contributed by atoms with van der Waals surface area (Å²) >= 11 is 0. The number of pyridine rings is 1. The smallest absolute Gasteiger partial charge is 0.270 e. The maximum atomic E-state index is 11.9. The number of rotatable bonds is 3. The average Bonchev–Trinajstić information content (AvgIpc) is 2.87. The van der Waals surface area contributed by atoms with Gasteiger partial charge in [0.25, 0.3) is 5.91 Å². The van der Waals surface area contributed by atoms with Gasteiger partial charge in [0, 0.05) is 19.8 Å². The fraction of sp³-hybridized carbons (Fsp3) is 0.143. The quantitative estimate of drug-likeness (QED) is 0.776. The number of benzene rings is 1. The molecule has 3 rings (SSSR count). The van der Waals surface area contributed by atoms with Crippen LogP contribution in [0.3, 0.4) is 0 Å². The fourth-order valence-electron chi connectivity index (χ4n) is 1.97. The topological polar surface area (TPSA) is 72.7 Å². The molecule has 0 aliphatic carbocycles. The lowest BCUT2D eigenvalue weighted by Gasteiger charge is -2.04. The number of nitrogens with one attached hydrogen (secondary N) is 1. The van der Waals surface area contributed by atoms with Gasteiger partial charge in [0.05, 0.1) is 5.52 Å². The van der Waals surface area contributed by atoms with Gasteiger partial charge in [0.15, 0.2) is 0 Å². The molecule has 6 nitrogen and oxygen atoms in total. The number of hydrogen-bond donors (Lipinski definition) is 1. The third kappa shape index (κ3) is 2.35. The minimum Gasteiger partial charge on any atom is -0.347 e. The summed E-state index contributed by atoms with van der Waals surface area (Å²) in [4.78, 5) is 15.9. The van der Waals surface area contributed by atoms with Crippen molar-refractivity contribution in [3.8, 4) is 0 Å². The van der Waals surface area contributed by atoms with Gasteiger partial charge in [-0.05, 0) is 29.8 Å². The maximum absolute atomic E-state index is 11.9. The summed E-state index contributed by atoms with van der Waals surface area (Å²) < 4.78 is 1.71. The minimum absolute atomic E-state index is 0.190. The molecule has 0 saturated heterocycles. The molecule has 0 aliphatic rings. The second-order valence-corrected chi connectivity index (χ2v) is 4.43. The number of nitrogens with zero attached hydrogens (tertiary/aromatic N) is 4. The summed E-state index contributed by atoms with van der Waals surface area (Å²) in [6.45, 7) is 0.432. The summed E-state index contributed by atoms with van der Waals surface area (Å²) in [5.74, 6) is -0.190. The van der Waals surface area contributed by atoms with Crippen molar-refractivity contribution in [2.45, 2.75) is 6.54 Å². The summed E-state index contributed by atoms with van der Waals surface area (Å²) in [5.41, 5.74) is 3.16. The molecular weight excluding hydrogens is 254 g/mol. The van der Waals surface area contributed by atoms with Crippen molar-refractivity contribution in [1.29, 1.82) is 0 Å². The first-order chi connectivity index (χ1) is 9.74. The van der Waals surface area contributed by atoms with Gasteiger partial charge in [-0.3, -0.25) is 9.78 Å². The zero-order valence-corrected chi connectivity index (χ0v) is 10.9. The van der Waals surface area contributed by atoms with Gasteiger partial charge in [-0.1, -0.05) is 17.3 Å². The molecule has 0 aliphatic heterocycles. The van der Waals surface area contributed by atoms with Gasteiger partial charge < -0.3 is 5.32 Å². The lowest BCUT2D eigenvalue weighted by molar-refractivity contribution is 0.0946. The van der Waals surface area contributed by atoms with E-state index >= 15 is 0 Å². The standard InChI is InChI=1S/C14H13N5O/c1-19-13-6-5-10(8-12(13)17-18-19)9-16-14(20)11-4-2-3-7-15-11/h2-8H,9H2,1H3,(H,16,20). The maximum Gasteiger partial charge on any atom is 0.270 e. The highest BCUT2D eigenvalue weighted by atomic mass is 16.1. The molecule has 6 heteroatoms. The zero-order chi connectivity index (χ0) is 13.9. The molecular formula is C14H13N5O. The minimum atomic E-state index is -0.190. The van der Waals surface area contributed by atoms with E-state index in [1.807, 2.05) is 25.2 Å². The van der Waals surface area contributed by atoms with E-state index in [0.29, 0.717) is 12.2 Å². The fourth-order valence-corrected chi connectivity index (χ4v) is 1.97. The second kappa shape index (κ2) is 5.08. The normalized spacial score (nSPS) is 10.7. The van der Waals surface area contributed by atoms with Crippen LogP contribution in [-0.4, -0.2) is 25.9 Å². The van der Waals surface area contributed by atoms with Gasteiger partial charge in [0.2, 0.25) is 0 Å². The van der Waals surface area contributed by atoms with Crippen molar-refractivity contribution in [3.05, 3.63) is 53.9 Å². The largest absolute Gasteiger partial charge is 0.347 e. The summed E-state index contributed by atoms with van der Waals surface area (Å²) in [6.07, 6.45) is 1.60. The average molecular weight is 267 g/mol. The van der Waals surface area contributed by atoms with Gasteiger partial charge in [-0.25, -0.2) is 4.68 Å². The predicted octanol–water partition coefficient (Wildman–Crippen LogP) is 1.29. The SMILES string of the molecule is Cn1nnc2cc(CNC(=O)c3ccccn3)ccc21. The highest BCUT2D eigenvalue weighted by molar-refractivity contribution is 5.92. The van der Waals surface area contributed by atoms with Crippen LogP contribution in [0, 0.1) is 0 Å². The Bertz CT molecular complexity index is 751. The lowest BCUT2D eigenvalue weighted by atomic mass is 10.2. The van der Waals surface area contributed by atoms with E-state index in [2.05, 4.69) is 20.6 Å². The predicted molar refractivity (Wildman–Crippen MR) is 73.9 cm³/mol. The van der Waals surface area contributed by atoms with Crippen LogP contribution in [0.1, 0.15) is 16.1 Å². The number of aromatic nitrogens is 4. The molecule has 1 amide bonds. The van der Waals surface area contributed by atoms with Gasteiger partial charge >= 0.3 is 0 Å². The van der Waals surface area contributed by atoms with Crippen LogP contribution in [0.15, 0.2) is 42.6 Å². The van der Waals surface area contributed by atoms with Crippen LogP contribution in [0.25, 0.3) is 11.0 Å². The van der Waals surface area contributed by atoms with Crippen molar-refractivity contribution in [2.24, 2.45) is 7.05 Å². The molecule has 0 atom stereocenters. The van der Waals surface area contributed by atoms with Crippen molar-refractivity contribution in [2.75, 3.05) is 0 Å². The lowest BCUT2D eigenvalue weighted by Crippen LogP contribution is -2.23. The molecule has 3 aromatic rings. The molecule has 0 bridgehead atoms. The van der Waals surface area contributed by atoms with E-state index in [1.54, 1.807) is 29.1 Å². The van der Waals surface area contributed by atoms with Crippen LogP contribution in [0.2, 0.25) is 0 Å². The first-order valence-corrected chi connectivity index (χ1v) is 6.21. The van der Waals surface area contributed by atoms with E-state index in [-0.39, 0.29) is 5.91 Å². The number of amides is 1. The van der Waals surface area contributed by atoms with Crippen molar-refractivity contribution >= 4 is 16.9 Å². The Kier molecular flexibility index (Phi) is 3.12. The Labute approximate surface area is 115 Å². The van der Waals surface area contributed by atoms with Gasteiger partial charge in [-0.15, -0.1) is 5.10 Å². The molecule has 0 spiro atoms. The van der Waals surface area contributed by atoms with Crippen molar-refractivity contribution in [3.63, 3.8) is 0 Å². The number of aryl methyl sites for hydroxylation is 1. The molecule has 0 saturated carbocycles. The Morgan fingerprint density at radius 2 is 2.20 bits per heavy atom. The molecule has 1 aromatic carbocycles. The molecule has 20 heavy (non-hydrogen) atoms. The van der Waals surface area contributed by atoms with E-state index in [0.717, 1.165) is 16.6 Å². The number of carbonyl (C=O) groups excluding carboxylic acids is 1. The molecule has 0 fully saturated rings. The number of fused-ring (bicyclic) bond motifs is 1. The summed E-state index contributed by atoms with van der Waals surface area (Å²) in [7, 11) is 1.85. The first-order valence-electron chi connectivity index (χ1n) is 6.21. The van der Waals surface area contributed by atoms with E-state index in [9.17, 15) is 4.79 Å². The Balaban J connectivity index is 1.72. The summed E-state index contributed by atoms with van der Waals surface area (Å²) in [5, 5.41) is 10.8. The third-order valence-corrected chi connectivity index (χ3v) is 3.03. The monoisotopic (exact) mass is 267 g/mol. The molecule has 100 valence electrons. The molecule has 2 aromatic heterocycles. The number of carbonyl (C=O) groups is 1. The van der Waals surface area contributed by atoms with Gasteiger partial charge in [-0.2, -0.15) is 0 Å². The second-order valence-electron chi connectivity index (χ2n) is 4.43. The Morgan fingerprint density at radius 1 is 1.30 bits per heavy atom. The van der Waals surface area contributed by atoms with E-state index in [1.165, 1.54) is 0 Å². The van der Waals surface area contributed by atoms with Crippen molar-refractivity contribution in [1.82, 2.24) is 25.3 Å². The molecule has 0 radical (unpaired) electrons. The molecule has 0 unspecified atom stereocenters. The molecule has 1 N–H and O–H groups in total. The Morgan fingerprint density at radius 3 is 3.00 bits per heavy atom. The van der Waals surface area contributed by atoms with Crippen LogP contribution < -0.4 is 5.32 Å². The van der Waals surface area contributed by atoms with Gasteiger partial charge in [0.1, 0.15) is 11.2 Å². The highest BCUT2D eigenvalue weighted by Crippen LogP contribution is 2.12. The van der Waals surface area contributed by atoms with Crippen LogP contribution in [-0.2, 0) is 13.6 Å². The van der Waals surface area contributed by atoms with Crippen LogP contribution >= 0.6 is 0 Å².